The van der Waals surface area contributed by atoms with E-state index >= 15 is 0 Å². The van der Waals surface area contributed by atoms with Gasteiger partial charge in [0.15, 0.2) is 0 Å². The Morgan fingerprint density at radius 2 is 1.12 bits per heavy atom. The number of nitrogens with two attached hydrogens (primary N) is 1. The second-order valence-electron chi connectivity index (χ2n) is 5.47. The molecule has 0 fully saturated rings. The van der Waals surface area contributed by atoms with Gasteiger partial charge in [0.05, 0.1) is 0 Å². The SMILES string of the molecule is CCc1ccc(C(O)(O)C(O)(O)C(N)(C(O)(O)O)C(O)(O)O)cc1. The van der Waals surface area contributed by atoms with Crippen LogP contribution in [0.4, 0.5) is 0 Å². The maximum absolute atomic E-state index is 10.0. The maximum Gasteiger partial charge on any atom is 0.308 e. The molecule has 12 N–H and O–H groups in total. The monoisotopic (exact) mass is 351 g/mol. The molecule has 0 unspecified atom stereocenters. The van der Waals surface area contributed by atoms with Gasteiger partial charge in [0.2, 0.25) is 11.3 Å². The van der Waals surface area contributed by atoms with Crippen LogP contribution < -0.4 is 5.73 Å². The van der Waals surface area contributed by atoms with E-state index in [1.807, 2.05) is 0 Å². The van der Waals surface area contributed by atoms with Crippen LogP contribution in [0.3, 0.4) is 0 Å². The Morgan fingerprint density at radius 1 is 0.750 bits per heavy atom. The molecular weight excluding hydrogens is 330 g/mol. The van der Waals surface area contributed by atoms with E-state index in [-0.39, 0.29) is 0 Å². The van der Waals surface area contributed by atoms with Gasteiger partial charge in [-0.15, -0.1) is 0 Å². The first-order valence-corrected chi connectivity index (χ1v) is 6.66. The van der Waals surface area contributed by atoms with Crippen LogP contribution in [-0.2, 0) is 12.2 Å². The van der Waals surface area contributed by atoms with Crippen molar-refractivity contribution in [2.75, 3.05) is 0 Å². The lowest BCUT2D eigenvalue weighted by Crippen LogP contribution is -2.87. The quantitative estimate of drug-likeness (QED) is 0.217. The molecule has 0 aromatic heterocycles. The lowest BCUT2D eigenvalue weighted by molar-refractivity contribution is -0.524. The molecule has 0 amide bonds. The van der Waals surface area contributed by atoms with E-state index in [0.717, 1.165) is 12.1 Å². The van der Waals surface area contributed by atoms with Crippen LogP contribution in [-0.4, -0.2) is 74.3 Å². The zero-order valence-corrected chi connectivity index (χ0v) is 12.6. The van der Waals surface area contributed by atoms with Gasteiger partial charge in [-0.05, 0) is 12.0 Å². The maximum atomic E-state index is 10.0. The third-order valence-electron chi connectivity index (χ3n) is 3.86. The second kappa shape index (κ2) is 5.94. The normalized spacial score (nSPS) is 14.8. The minimum absolute atomic E-state index is 0.550. The highest BCUT2D eigenvalue weighted by Gasteiger charge is 2.77. The molecule has 0 saturated carbocycles. The second-order valence-corrected chi connectivity index (χ2v) is 5.47. The van der Waals surface area contributed by atoms with Gasteiger partial charge in [-0.1, -0.05) is 31.2 Å². The molecule has 0 aliphatic rings. The van der Waals surface area contributed by atoms with Gasteiger partial charge >= 0.3 is 11.9 Å². The molecule has 0 radical (unpaired) electrons. The fourth-order valence-corrected chi connectivity index (χ4v) is 2.14. The third-order valence-corrected chi connectivity index (χ3v) is 3.86. The summed E-state index contributed by atoms with van der Waals surface area (Å²) in [5.74, 6) is -17.6. The van der Waals surface area contributed by atoms with Crippen molar-refractivity contribution in [2.24, 2.45) is 5.73 Å². The number of aryl methyl sites for hydroxylation is 1. The van der Waals surface area contributed by atoms with Crippen LogP contribution >= 0.6 is 0 Å². The van der Waals surface area contributed by atoms with Crippen LogP contribution in [0.1, 0.15) is 18.1 Å². The fraction of sp³-hybridized carbons (Fsp3) is 0.538. The summed E-state index contributed by atoms with van der Waals surface area (Å²) < 4.78 is 0. The van der Waals surface area contributed by atoms with Crippen LogP contribution in [0.5, 0.6) is 0 Å². The summed E-state index contributed by atoms with van der Waals surface area (Å²) in [6.07, 6.45) is 0.550. The molecule has 11 heteroatoms. The van der Waals surface area contributed by atoms with Gasteiger partial charge in [0.25, 0.3) is 5.79 Å². The van der Waals surface area contributed by atoms with Crippen molar-refractivity contribution in [2.45, 2.75) is 42.4 Å². The number of hydrogen-bond donors (Lipinski definition) is 11. The molecule has 11 nitrogen and oxygen atoms in total. The molecule has 0 aliphatic heterocycles. The Labute approximate surface area is 135 Å². The number of aliphatic hydroxyl groups is 10. The van der Waals surface area contributed by atoms with E-state index in [2.05, 4.69) is 0 Å². The highest BCUT2D eigenvalue weighted by atomic mass is 16.7. The average Bonchev–Trinajstić information content (AvgIpc) is 2.43. The summed E-state index contributed by atoms with van der Waals surface area (Å²) in [5, 5.41) is 95.0. The molecule has 0 bridgehead atoms. The molecule has 1 aromatic rings. The van der Waals surface area contributed by atoms with Crippen molar-refractivity contribution in [3.05, 3.63) is 35.4 Å². The Kier molecular flexibility index (Phi) is 5.16. The van der Waals surface area contributed by atoms with Crippen molar-refractivity contribution in [1.29, 1.82) is 0 Å². The van der Waals surface area contributed by atoms with Crippen LogP contribution in [0, 0.1) is 0 Å². The first kappa shape index (κ1) is 20.8. The standard InChI is InChI=1S/C13H21NO10/c1-2-7-3-5-8(6-4-7)9(15,16)11(17,18)10(14,12(19,20)21)13(22,23)24/h3-6,15-24H,2,14H2,1H3. The zero-order valence-electron chi connectivity index (χ0n) is 12.6. The van der Waals surface area contributed by atoms with E-state index in [1.54, 1.807) is 6.92 Å². The van der Waals surface area contributed by atoms with Crippen molar-refractivity contribution >= 4 is 0 Å². The van der Waals surface area contributed by atoms with E-state index in [4.69, 9.17) is 36.4 Å². The Balaban J connectivity index is 3.57. The largest absolute Gasteiger partial charge is 0.359 e. The minimum Gasteiger partial charge on any atom is -0.359 e. The fourth-order valence-electron chi connectivity index (χ4n) is 2.14. The van der Waals surface area contributed by atoms with Gasteiger partial charge in [-0.25, -0.2) is 0 Å². The molecule has 138 valence electrons. The van der Waals surface area contributed by atoms with Gasteiger partial charge in [0, 0.05) is 5.56 Å². The van der Waals surface area contributed by atoms with Crippen molar-refractivity contribution < 1.29 is 51.1 Å². The first-order chi connectivity index (χ1) is 10.5. The smallest absolute Gasteiger partial charge is 0.308 e. The summed E-state index contributed by atoms with van der Waals surface area (Å²) in [6, 6.07) is 4.67. The molecule has 24 heavy (non-hydrogen) atoms. The topological polar surface area (TPSA) is 228 Å². The third kappa shape index (κ3) is 2.92. The highest BCUT2D eigenvalue weighted by molar-refractivity contribution is 5.29. The van der Waals surface area contributed by atoms with E-state index in [9.17, 15) is 20.4 Å². The van der Waals surface area contributed by atoms with Crippen molar-refractivity contribution in [1.82, 2.24) is 0 Å². The molecular formula is C13H21NO10. The number of rotatable bonds is 6. The molecule has 0 aliphatic carbocycles. The summed E-state index contributed by atoms with van der Waals surface area (Å²) >= 11 is 0. The molecule has 0 heterocycles. The number of benzene rings is 1. The van der Waals surface area contributed by atoms with Crippen molar-refractivity contribution in [3.63, 3.8) is 0 Å². The van der Waals surface area contributed by atoms with E-state index in [1.165, 1.54) is 12.1 Å². The molecule has 1 aromatic carbocycles. The van der Waals surface area contributed by atoms with Crippen LogP contribution in [0.15, 0.2) is 24.3 Å². The Hall–Kier alpha value is -1.22. The van der Waals surface area contributed by atoms with Gasteiger partial charge in [-0.3, -0.25) is 0 Å². The average molecular weight is 351 g/mol. The lowest BCUT2D eigenvalue weighted by Gasteiger charge is -2.52. The Morgan fingerprint density at radius 3 is 1.42 bits per heavy atom. The van der Waals surface area contributed by atoms with E-state index < -0.39 is 34.6 Å². The van der Waals surface area contributed by atoms with Gasteiger partial charge < -0.3 is 56.8 Å². The first-order valence-electron chi connectivity index (χ1n) is 6.66. The molecule has 0 saturated heterocycles. The molecule has 1 rings (SSSR count). The summed E-state index contributed by atoms with van der Waals surface area (Å²) in [6.45, 7) is 1.78. The summed E-state index contributed by atoms with van der Waals surface area (Å²) in [5.41, 5.74) is 0.605. The summed E-state index contributed by atoms with van der Waals surface area (Å²) in [7, 11) is 0. The van der Waals surface area contributed by atoms with Gasteiger partial charge in [-0.2, -0.15) is 0 Å². The zero-order chi connectivity index (χ0) is 19.2. The predicted molar refractivity (Wildman–Crippen MR) is 74.8 cm³/mol. The predicted octanol–water partition coefficient (Wildman–Crippen LogP) is -4.97. The summed E-state index contributed by atoms with van der Waals surface area (Å²) in [4.78, 5) is 0. The van der Waals surface area contributed by atoms with Crippen molar-refractivity contribution in [3.8, 4) is 0 Å². The molecule has 0 atom stereocenters. The van der Waals surface area contributed by atoms with E-state index in [0.29, 0.717) is 12.0 Å². The number of hydrogen-bond acceptors (Lipinski definition) is 11. The minimum atomic E-state index is -4.59. The van der Waals surface area contributed by atoms with Crippen LogP contribution in [0.25, 0.3) is 0 Å². The highest BCUT2D eigenvalue weighted by Crippen LogP contribution is 2.43. The van der Waals surface area contributed by atoms with Gasteiger partial charge in [0.1, 0.15) is 0 Å². The Bertz CT molecular complexity index is 556. The lowest BCUT2D eigenvalue weighted by atomic mass is 9.76. The van der Waals surface area contributed by atoms with Crippen LogP contribution in [0.2, 0.25) is 0 Å². The molecule has 0 spiro atoms.